The van der Waals surface area contributed by atoms with Gasteiger partial charge in [-0.05, 0) is 42.7 Å². The Bertz CT molecular complexity index is 1540. The molecule has 6 nitrogen and oxygen atoms in total. The number of nitrogens with one attached hydrogen (secondary N) is 1. The molecule has 206 valence electrons. The molecule has 7 heteroatoms. The monoisotopic (exact) mass is 539 g/mol. The summed E-state index contributed by atoms with van der Waals surface area (Å²) in [4.78, 5) is 30.7. The Kier molecular flexibility index (Phi) is 7.05. The van der Waals surface area contributed by atoms with Gasteiger partial charge < -0.3 is 19.5 Å². The third-order valence-corrected chi connectivity index (χ3v) is 8.53. The molecule has 0 saturated heterocycles. The molecule has 1 aromatic heterocycles. The Hall–Kier alpha value is -4.13. The predicted molar refractivity (Wildman–Crippen MR) is 153 cm³/mol. The van der Waals surface area contributed by atoms with Crippen LogP contribution in [0.25, 0.3) is 10.9 Å². The standard InChI is InChI=1S/C33H34FN3O3/c1-40-27-18-17-23-19-30-31(38)37(21-24-11-9-10-16-28(24)34)33(22-36(30)29(23)20-27,25-12-5-4-6-13-25)32(39)35-26-14-7-2-3-8-15-26/h4-6,9-13,16-20,26H,2-3,7-8,14-15,21-22H2,1H3,(H,35,39). The van der Waals surface area contributed by atoms with Crippen molar-refractivity contribution in [2.75, 3.05) is 7.11 Å². The number of halogens is 1. The van der Waals surface area contributed by atoms with Crippen LogP contribution in [0.15, 0.2) is 78.9 Å². The van der Waals surface area contributed by atoms with E-state index in [4.69, 9.17) is 4.74 Å². The molecule has 2 aliphatic rings. The summed E-state index contributed by atoms with van der Waals surface area (Å²) in [5, 5.41) is 4.23. The van der Waals surface area contributed by atoms with E-state index < -0.39 is 11.4 Å². The van der Waals surface area contributed by atoms with Crippen molar-refractivity contribution in [1.29, 1.82) is 0 Å². The van der Waals surface area contributed by atoms with Crippen molar-refractivity contribution in [3.63, 3.8) is 0 Å². The first-order chi connectivity index (χ1) is 19.5. The van der Waals surface area contributed by atoms with E-state index in [1.165, 1.54) is 6.07 Å². The number of ether oxygens (including phenoxy) is 1. The van der Waals surface area contributed by atoms with E-state index in [0.717, 1.165) is 49.4 Å². The van der Waals surface area contributed by atoms with Crippen molar-refractivity contribution >= 4 is 22.7 Å². The third kappa shape index (κ3) is 4.53. The molecule has 0 bridgehead atoms. The molecule has 1 unspecified atom stereocenters. The van der Waals surface area contributed by atoms with Crippen LogP contribution in [0.5, 0.6) is 5.75 Å². The number of carbonyl (C=O) groups is 2. The molecule has 0 radical (unpaired) electrons. The smallest absolute Gasteiger partial charge is 0.272 e. The zero-order valence-corrected chi connectivity index (χ0v) is 22.7. The first-order valence-electron chi connectivity index (χ1n) is 14.1. The summed E-state index contributed by atoms with van der Waals surface area (Å²) in [6, 6.07) is 23.5. The van der Waals surface area contributed by atoms with Crippen LogP contribution < -0.4 is 10.1 Å². The van der Waals surface area contributed by atoms with Crippen molar-refractivity contribution in [2.45, 2.75) is 63.2 Å². The van der Waals surface area contributed by atoms with Gasteiger partial charge in [-0.15, -0.1) is 0 Å². The van der Waals surface area contributed by atoms with Crippen LogP contribution in [0.2, 0.25) is 0 Å². The molecule has 1 saturated carbocycles. The minimum atomic E-state index is -1.39. The van der Waals surface area contributed by atoms with Crippen LogP contribution in [0.4, 0.5) is 4.39 Å². The van der Waals surface area contributed by atoms with Crippen molar-refractivity contribution < 1.29 is 18.7 Å². The van der Waals surface area contributed by atoms with Gasteiger partial charge in [0.15, 0.2) is 5.54 Å². The average molecular weight is 540 g/mol. The number of hydrogen-bond donors (Lipinski definition) is 1. The Morgan fingerprint density at radius 3 is 2.42 bits per heavy atom. The number of methoxy groups -OCH3 is 1. The van der Waals surface area contributed by atoms with Crippen LogP contribution in [-0.4, -0.2) is 34.4 Å². The van der Waals surface area contributed by atoms with Gasteiger partial charge in [0.1, 0.15) is 17.3 Å². The van der Waals surface area contributed by atoms with Gasteiger partial charge >= 0.3 is 0 Å². The SMILES string of the molecule is COc1ccc2cc3n(c2c1)CC(C(=O)NC1CCCCCC1)(c1ccccc1)N(Cc1ccccc1F)C3=O. The van der Waals surface area contributed by atoms with Crippen LogP contribution in [-0.2, 0) is 23.4 Å². The fourth-order valence-corrected chi connectivity index (χ4v) is 6.35. The molecule has 2 amide bonds. The Labute approximate surface area is 233 Å². The van der Waals surface area contributed by atoms with Gasteiger partial charge in [-0.25, -0.2) is 4.39 Å². The lowest BCUT2D eigenvalue weighted by atomic mass is 9.83. The summed E-state index contributed by atoms with van der Waals surface area (Å²) in [5.41, 5.74) is 0.949. The van der Waals surface area contributed by atoms with E-state index in [1.54, 1.807) is 30.2 Å². The first kappa shape index (κ1) is 26.1. The Morgan fingerprint density at radius 1 is 0.975 bits per heavy atom. The number of carbonyl (C=O) groups excluding carboxylic acids is 2. The molecule has 1 fully saturated rings. The highest BCUT2D eigenvalue weighted by Gasteiger charge is 2.53. The lowest BCUT2D eigenvalue weighted by molar-refractivity contribution is -0.136. The second-order valence-electron chi connectivity index (χ2n) is 10.9. The largest absolute Gasteiger partial charge is 0.497 e. The van der Waals surface area contributed by atoms with Gasteiger partial charge in [-0.3, -0.25) is 9.59 Å². The molecule has 6 rings (SSSR count). The number of hydrogen-bond acceptors (Lipinski definition) is 3. The highest BCUT2D eigenvalue weighted by molar-refractivity contribution is 6.04. The minimum Gasteiger partial charge on any atom is -0.497 e. The summed E-state index contributed by atoms with van der Waals surface area (Å²) < 4.78 is 22.5. The van der Waals surface area contributed by atoms with Crippen LogP contribution in [0, 0.1) is 5.82 Å². The zero-order valence-electron chi connectivity index (χ0n) is 22.7. The normalized spacial score (nSPS) is 19.8. The summed E-state index contributed by atoms with van der Waals surface area (Å²) in [6.45, 7) is 0.158. The van der Waals surface area contributed by atoms with Crippen molar-refractivity contribution in [2.24, 2.45) is 0 Å². The molecular formula is C33H34FN3O3. The highest BCUT2D eigenvalue weighted by Crippen LogP contribution is 2.41. The van der Waals surface area contributed by atoms with E-state index in [0.29, 0.717) is 22.6 Å². The van der Waals surface area contributed by atoms with E-state index in [2.05, 4.69) is 5.32 Å². The number of aromatic nitrogens is 1. The summed E-state index contributed by atoms with van der Waals surface area (Å²) in [7, 11) is 1.61. The topological polar surface area (TPSA) is 63.6 Å². The fraction of sp³-hybridized carbons (Fsp3) is 0.333. The minimum absolute atomic E-state index is 0.0314. The average Bonchev–Trinajstić information content (AvgIpc) is 3.14. The number of nitrogens with zero attached hydrogens (tertiary/aromatic N) is 2. The maximum absolute atomic E-state index is 15.0. The molecule has 1 aliphatic heterocycles. The number of rotatable bonds is 6. The molecular weight excluding hydrogens is 505 g/mol. The fourth-order valence-electron chi connectivity index (χ4n) is 6.35. The molecule has 2 heterocycles. The Morgan fingerprint density at radius 2 is 1.70 bits per heavy atom. The van der Waals surface area contributed by atoms with Gasteiger partial charge in [-0.2, -0.15) is 0 Å². The molecule has 3 aromatic carbocycles. The van der Waals surface area contributed by atoms with Crippen molar-refractivity contribution in [3.05, 3.63) is 102 Å². The summed E-state index contributed by atoms with van der Waals surface area (Å²) in [6.07, 6.45) is 6.27. The second kappa shape index (κ2) is 10.8. The highest BCUT2D eigenvalue weighted by atomic mass is 19.1. The molecule has 1 aliphatic carbocycles. The van der Waals surface area contributed by atoms with Gasteiger partial charge in [0, 0.05) is 23.1 Å². The van der Waals surface area contributed by atoms with Gasteiger partial charge in [-0.1, -0.05) is 74.2 Å². The lowest BCUT2D eigenvalue weighted by Crippen LogP contribution is -2.64. The van der Waals surface area contributed by atoms with E-state index >= 15 is 4.39 Å². The second-order valence-corrected chi connectivity index (χ2v) is 10.9. The van der Waals surface area contributed by atoms with E-state index in [1.807, 2.05) is 59.2 Å². The van der Waals surface area contributed by atoms with Crippen molar-refractivity contribution in [3.8, 4) is 5.75 Å². The van der Waals surface area contributed by atoms with Gasteiger partial charge in [0.25, 0.3) is 11.8 Å². The van der Waals surface area contributed by atoms with E-state index in [-0.39, 0.29) is 30.9 Å². The van der Waals surface area contributed by atoms with Crippen LogP contribution >= 0.6 is 0 Å². The van der Waals surface area contributed by atoms with Gasteiger partial charge in [0.05, 0.1) is 25.7 Å². The molecule has 40 heavy (non-hydrogen) atoms. The molecule has 1 atom stereocenters. The molecule has 4 aromatic rings. The molecule has 0 spiro atoms. The maximum Gasteiger partial charge on any atom is 0.272 e. The van der Waals surface area contributed by atoms with Crippen LogP contribution in [0.3, 0.4) is 0 Å². The third-order valence-electron chi connectivity index (χ3n) is 8.53. The molecule has 1 N–H and O–H groups in total. The predicted octanol–water partition coefficient (Wildman–Crippen LogP) is 6.18. The number of benzene rings is 3. The quantitative estimate of drug-likeness (QED) is 0.298. The summed E-state index contributed by atoms with van der Waals surface area (Å²) in [5.74, 6) is -0.282. The van der Waals surface area contributed by atoms with E-state index in [9.17, 15) is 9.59 Å². The van der Waals surface area contributed by atoms with Gasteiger partial charge in [0.2, 0.25) is 0 Å². The number of amides is 2. The lowest BCUT2D eigenvalue weighted by Gasteiger charge is -2.47. The summed E-state index contributed by atoms with van der Waals surface area (Å²) >= 11 is 0. The Balaban J connectivity index is 1.55. The van der Waals surface area contributed by atoms with Crippen LogP contribution in [0.1, 0.15) is 60.1 Å². The maximum atomic E-state index is 15.0. The zero-order chi connectivity index (χ0) is 27.7. The first-order valence-corrected chi connectivity index (χ1v) is 14.1. The van der Waals surface area contributed by atoms with Crippen molar-refractivity contribution in [1.82, 2.24) is 14.8 Å². The number of fused-ring (bicyclic) bond motifs is 3.